The Kier molecular flexibility index (Phi) is 4.55. The number of hydrogen-bond donors (Lipinski definition) is 2. The second-order valence-electron chi connectivity index (χ2n) is 6.81. The molecular formula is C17H20F2N4O3. The standard InChI is InChI=1S/C17H20F2N4O3/c1-10(20-16(26)22-8-7-17(2,9-22)14(24)25)13-21-11-5-3-4-6-12(11)23(13)15(18)19/h3-6,10,15H,7-9H2,1-2H3,(H,20,26)(H,24,25). The van der Waals surface area contributed by atoms with E-state index in [0.717, 1.165) is 4.57 Å². The fraction of sp³-hybridized carbons (Fsp3) is 0.471. The van der Waals surface area contributed by atoms with Crippen LogP contribution in [0.2, 0.25) is 0 Å². The predicted octanol–water partition coefficient (Wildman–Crippen LogP) is 3.00. The molecule has 0 bridgehead atoms. The molecule has 1 aromatic heterocycles. The van der Waals surface area contributed by atoms with Crippen LogP contribution in [0.5, 0.6) is 0 Å². The Morgan fingerprint density at radius 1 is 1.35 bits per heavy atom. The van der Waals surface area contributed by atoms with Gasteiger partial charge in [-0.15, -0.1) is 0 Å². The van der Waals surface area contributed by atoms with Crippen molar-refractivity contribution < 1.29 is 23.5 Å². The van der Waals surface area contributed by atoms with Gasteiger partial charge in [-0.25, -0.2) is 9.78 Å². The van der Waals surface area contributed by atoms with E-state index in [9.17, 15) is 23.5 Å². The third kappa shape index (κ3) is 3.09. The number of carboxylic acid groups (broad SMARTS) is 1. The molecule has 2 N–H and O–H groups in total. The quantitative estimate of drug-likeness (QED) is 0.871. The van der Waals surface area contributed by atoms with Gasteiger partial charge in [-0.1, -0.05) is 12.1 Å². The lowest BCUT2D eigenvalue weighted by Gasteiger charge is -2.23. The molecule has 26 heavy (non-hydrogen) atoms. The lowest BCUT2D eigenvalue weighted by Crippen LogP contribution is -2.42. The summed E-state index contributed by atoms with van der Waals surface area (Å²) in [6, 6.07) is 5.27. The largest absolute Gasteiger partial charge is 0.481 e. The second kappa shape index (κ2) is 6.54. The van der Waals surface area contributed by atoms with Gasteiger partial charge in [0.15, 0.2) is 0 Å². The van der Waals surface area contributed by atoms with E-state index in [4.69, 9.17) is 0 Å². The summed E-state index contributed by atoms with van der Waals surface area (Å²) in [5, 5.41) is 11.9. The zero-order valence-corrected chi connectivity index (χ0v) is 14.4. The molecule has 1 aromatic carbocycles. The highest BCUT2D eigenvalue weighted by Gasteiger charge is 2.42. The van der Waals surface area contributed by atoms with E-state index in [2.05, 4.69) is 10.3 Å². The monoisotopic (exact) mass is 366 g/mol. The summed E-state index contributed by atoms with van der Waals surface area (Å²) in [7, 11) is 0. The number of nitrogens with zero attached hydrogens (tertiary/aromatic N) is 3. The van der Waals surface area contributed by atoms with E-state index in [1.807, 2.05) is 0 Å². The fourth-order valence-corrected chi connectivity index (χ4v) is 3.22. The first-order valence-corrected chi connectivity index (χ1v) is 8.27. The average Bonchev–Trinajstić information content (AvgIpc) is 3.16. The van der Waals surface area contributed by atoms with Crippen molar-refractivity contribution in [3.8, 4) is 0 Å². The number of imidazole rings is 1. The number of para-hydroxylation sites is 2. The minimum Gasteiger partial charge on any atom is -0.481 e. The van der Waals surface area contributed by atoms with E-state index in [1.165, 1.54) is 4.90 Å². The number of amides is 2. The van der Waals surface area contributed by atoms with Gasteiger partial charge in [-0.05, 0) is 32.4 Å². The van der Waals surface area contributed by atoms with Gasteiger partial charge in [0.05, 0.1) is 22.5 Å². The summed E-state index contributed by atoms with van der Waals surface area (Å²) in [5.41, 5.74) is -0.279. The number of halogens is 2. The molecule has 0 spiro atoms. The first-order valence-electron chi connectivity index (χ1n) is 8.27. The number of carboxylic acids is 1. The van der Waals surface area contributed by atoms with Crippen LogP contribution in [0.15, 0.2) is 24.3 Å². The SMILES string of the molecule is CC(NC(=O)N1CCC(C)(C(=O)O)C1)c1nc2ccccc2n1C(F)F. The molecule has 2 heterocycles. The van der Waals surface area contributed by atoms with Gasteiger partial charge in [-0.3, -0.25) is 9.36 Å². The maximum absolute atomic E-state index is 13.5. The topological polar surface area (TPSA) is 87.5 Å². The van der Waals surface area contributed by atoms with Crippen molar-refractivity contribution in [2.24, 2.45) is 5.41 Å². The maximum Gasteiger partial charge on any atom is 0.320 e. The molecule has 0 aliphatic carbocycles. The molecule has 0 radical (unpaired) electrons. The van der Waals surface area contributed by atoms with Gasteiger partial charge in [0.2, 0.25) is 0 Å². The van der Waals surface area contributed by atoms with Crippen molar-refractivity contribution in [2.75, 3.05) is 13.1 Å². The van der Waals surface area contributed by atoms with Crippen molar-refractivity contribution in [2.45, 2.75) is 32.9 Å². The minimum atomic E-state index is -2.79. The number of hydrogen-bond acceptors (Lipinski definition) is 3. The van der Waals surface area contributed by atoms with E-state index in [0.29, 0.717) is 24.0 Å². The highest BCUT2D eigenvalue weighted by atomic mass is 19.3. The number of likely N-dealkylation sites (tertiary alicyclic amines) is 1. The van der Waals surface area contributed by atoms with Crippen LogP contribution < -0.4 is 5.32 Å². The third-order valence-electron chi connectivity index (χ3n) is 4.82. The van der Waals surface area contributed by atoms with Crippen LogP contribution in [0.3, 0.4) is 0 Å². The zero-order chi connectivity index (χ0) is 19.1. The molecule has 0 saturated carbocycles. The van der Waals surface area contributed by atoms with E-state index in [-0.39, 0.29) is 12.4 Å². The molecule has 2 atom stereocenters. The van der Waals surface area contributed by atoms with Crippen LogP contribution in [0, 0.1) is 5.41 Å². The van der Waals surface area contributed by atoms with Crippen LogP contribution in [0.4, 0.5) is 13.6 Å². The summed E-state index contributed by atoms with van der Waals surface area (Å²) in [5.74, 6) is -0.907. The summed E-state index contributed by atoms with van der Waals surface area (Å²) in [4.78, 5) is 29.3. The van der Waals surface area contributed by atoms with Gasteiger partial charge >= 0.3 is 18.5 Å². The molecule has 3 rings (SSSR count). The van der Waals surface area contributed by atoms with Crippen LogP contribution in [0.25, 0.3) is 11.0 Å². The van der Waals surface area contributed by atoms with Gasteiger partial charge in [0.25, 0.3) is 0 Å². The number of aliphatic carboxylic acids is 1. The second-order valence-corrected chi connectivity index (χ2v) is 6.81. The smallest absolute Gasteiger partial charge is 0.320 e. The Morgan fingerprint density at radius 3 is 2.65 bits per heavy atom. The molecule has 9 heteroatoms. The highest BCUT2D eigenvalue weighted by molar-refractivity contribution is 5.80. The maximum atomic E-state index is 13.5. The van der Waals surface area contributed by atoms with E-state index in [1.54, 1.807) is 38.1 Å². The Bertz CT molecular complexity index is 854. The Balaban J connectivity index is 1.79. The molecular weight excluding hydrogens is 346 g/mol. The predicted molar refractivity (Wildman–Crippen MR) is 89.9 cm³/mol. The normalized spacial score (nSPS) is 21.3. The van der Waals surface area contributed by atoms with E-state index < -0.39 is 30.0 Å². The molecule has 7 nitrogen and oxygen atoms in total. The van der Waals surface area contributed by atoms with E-state index >= 15 is 0 Å². The van der Waals surface area contributed by atoms with Gasteiger partial charge in [-0.2, -0.15) is 8.78 Å². The van der Waals surface area contributed by atoms with Gasteiger partial charge in [0.1, 0.15) is 5.82 Å². The number of urea groups is 1. The fourth-order valence-electron chi connectivity index (χ4n) is 3.22. The number of benzene rings is 1. The zero-order valence-electron chi connectivity index (χ0n) is 14.4. The number of alkyl halides is 2. The molecule has 2 amide bonds. The van der Waals surface area contributed by atoms with Crippen LogP contribution in [-0.2, 0) is 4.79 Å². The molecule has 1 saturated heterocycles. The molecule has 140 valence electrons. The Labute approximate surface area is 148 Å². The summed E-state index contributed by atoms with van der Waals surface area (Å²) in [6.07, 6.45) is 0.347. The molecule has 2 aromatic rings. The van der Waals surface area contributed by atoms with Crippen molar-refractivity contribution in [1.82, 2.24) is 19.8 Å². The Morgan fingerprint density at radius 2 is 2.04 bits per heavy atom. The first-order chi connectivity index (χ1) is 12.2. The highest BCUT2D eigenvalue weighted by Crippen LogP contribution is 2.31. The van der Waals surface area contributed by atoms with Gasteiger partial charge in [0, 0.05) is 13.1 Å². The minimum absolute atomic E-state index is 0.0507. The lowest BCUT2D eigenvalue weighted by molar-refractivity contribution is -0.147. The van der Waals surface area contributed by atoms with Crippen LogP contribution in [0.1, 0.15) is 38.7 Å². The summed E-state index contributed by atoms with van der Waals surface area (Å²) >= 11 is 0. The van der Waals surface area contributed by atoms with Crippen LogP contribution >= 0.6 is 0 Å². The number of fused-ring (bicyclic) bond motifs is 1. The van der Waals surface area contributed by atoms with Crippen molar-refractivity contribution in [3.05, 3.63) is 30.1 Å². The molecule has 1 aliphatic rings. The Hall–Kier alpha value is -2.71. The van der Waals surface area contributed by atoms with Crippen molar-refractivity contribution in [3.63, 3.8) is 0 Å². The molecule has 1 aliphatic heterocycles. The number of aromatic nitrogens is 2. The number of rotatable bonds is 4. The van der Waals surface area contributed by atoms with Gasteiger partial charge < -0.3 is 15.3 Å². The molecule has 2 unspecified atom stereocenters. The first kappa shape index (κ1) is 18.1. The third-order valence-corrected chi connectivity index (χ3v) is 4.82. The summed E-state index contributed by atoms with van der Waals surface area (Å²) in [6.45, 7) is 0.740. The number of carbonyl (C=O) groups excluding carboxylic acids is 1. The number of carbonyl (C=O) groups is 2. The average molecular weight is 366 g/mol. The number of nitrogens with one attached hydrogen (secondary N) is 1. The van der Waals surface area contributed by atoms with Crippen LogP contribution in [-0.4, -0.2) is 44.6 Å². The summed E-state index contributed by atoms with van der Waals surface area (Å²) < 4.78 is 27.8. The lowest BCUT2D eigenvalue weighted by atomic mass is 9.90. The van der Waals surface area contributed by atoms with Crippen molar-refractivity contribution >= 4 is 23.0 Å². The van der Waals surface area contributed by atoms with Crippen molar-refractivity contribution in [1.29, 1.82) is 0 Å². The molecule has 1 fully saturated rings.